The molecule has 1 heterocycles. The van der Waals surface area contributed by atoms with Gasteiger partial charge in [0.2, 0.25) is 0 Å². The number of carbonyl (C=O) groups is 2. The first-order valence-corrected chi connectivity index (χ1v) is 10.5. The van der Waals surface area contributed by atoms with Crippen LogP contribution in [0.5, 0.6) is 5.75 Å². The van der Waals surface area contributed by atoms with Crippen molar-refractivity contribution in [2.45, 2.75) is 44.8 Å². The number of rotatable bonds is 5. The van der Waals surface area contributed by atoms with Crippen LogP contribution in [0, 0.1) is 0 Å². The lowest BCUT2D eigenvalue weighted by Gasteiger charge is -2.30. The van der Waals surface area contributed by atoms with E-state index in [-0.39, 0.29) is 18.0 Å². The first-order chi connectivity index (χ1) is 14.5. The molecule has 1 saturated carbocycles. The standard InChI is InChI=1S/C23H24ClN3O3/c1-14-20(22(28)26-16-8-6-7-15(24)13-16)21(27-23(29)25-14)18-11-4-5-12-19(18)30-17-9-2-3-10-17/h4-8,11-13,17,21H,2-3,9-10H2,1H3,(H,26,28)(H2,25,27,29). The zero-order chi connectivity index (χ0) is 21.1. The maximum atomic E-state index is 13.2. The van der Waals surface area contributed by atoms with E-state index in [1.54, 1.807) is 31.2 Å². The first kappa shape index (κ1) is 20.3. The van der Waals surface area contributed by atoms with Crippen molar-refractivity contribution in [2.75, 3.05) is 5.32 Å². The number of hydrogen-bond donors (Lipinski definition) is 3. The van der Waals surface area contributed by atoms with Gasteiger partial charge in [0.15, 0.2) is 0 Å². The third-order valence-corrected chi connectivity index (χ3v) is 5.66. The van der Waals surface area contributed by atoms with Crippen LogP contribution in [0.15, 0.2) is 59.8 Å². The highest BCUT2D eigenvalue weighted by molar-refractivity contribution is 6.31. The van der Waals surface area contributed by atoms with E-state index >= 15 is 0 Å². The van der Waals surface area contributed by atoms with Gasteiger partial charge in [0.1, 0.15) is 5.75 Å². The average Bonchev–Trinajstić information content (AvgIpc) is 3.21. The summed E-state index contributed by atoms with van der Waals surface area (Å²) in [5, 5.41) is 8.99. The van der Waals surface area contributed by atoms with Crippen LogP contribution in [0.25, 0.3) is 0 Å². The number of ether oxygens (including phenoxy) is 1. The molecule has 0 saturated heterocycles. The van der Waals surface area contributed by atoms with Gasteiger partial charge in [-0.2, -0.15) is 0 Å². The fourth-order valence-corrected chi connectivity index (χ4v) is 4.20. The van der Waals surface area contributed by atoms with Crippen LogP contribution in [-0.4, -0.2) is 18.0 Å². The highest BCUT2D eigenvalue weighted by Crippen LogP contribution is 2.35. The molecule has 1 unspecified atom stereocenters. The minimum atomic E-state index is -0.629. The molecule has 2 aromatic rings. The van der Waals surface area contributed by atoms with Gasteiger partial charge in [0.05, 0.1) is 17.7 Å². The minimum Gasteiger partial charge on any atom is -0.490 e. The van der Waals surface area contributed by atoms with Crippen molar-refractivity contribution in [3.05, 3.63) is 70.4 Å². The molecule has 1 fully saturated rings. The molecule has 1 aliphatic carbocycles. The number of anilines is 1. The average molecular weight is 426 g/mol. The number of para-hydroxylation sites is 1. The van der Waals surface area contributed by atoms with Gasteiger partial charge in [-0.15, -0.1) is 0 Å². The smallest absolute Gasteiger partial charge is 0.319 e. The molecule has 3 N–H and O–H groups in total. The zero-order valence-corrected chi connectivity index (χ0v) is 17.5. The summed E-state index contributed by atoms with van der Waals surface area (Å²) in [6.45, 7) is 1.72. The maximum absolute atomic E-state index is 13.2. The largest absolute Gasteiger partial charge is 0.490 e. The predicted molar refractivity (Wildman–Crippen MR) is 117 cm³/mol. The summed E-state index contributed by atoms with van der Waals surface area (Å²) in [7, 11) is 0. The highest BCUT2D eigenvalue weighted by Gasteiger charge is 2.33. The van der Waals surface area contributed by atoms with Gasteiger partial charge in [0.25, 0.3) is 5.91 Å². The summed E-state index contributed by atoms with van der Waals surface area (Å²) in [6.07, 6.45) is 4.51. The van der Waals surface area contributed by atoms with Crippen LogP contribution < -0.4 is 20.7 Å². The van der Waals surface area contributed by atoms with E-state index in [1.807, 2.05) is 24.3 Å². The zero-order valence-electron chi connectivity index (χ0n) is 16.7. The van der Waals surface area contributed by atoms with Crippen LogP contribution in [0.1, 0.15) is 44.2 Å². The molecule has 2 aromatic carbocycles. The second-order valence-corrected chi connectivity index (χ2v) is 8.03. The summed E-state index contributed by atoms with van der Waals surface area (Å²) in [6, 6.07) is 13.5. The molecule has 6 nitrogen and oxygen atoms in total. The second-order valence-electron chi connectivity index (χ2n) is 7.60. The number of benzene rings is 2. The Labute approximate surface area is 180 Å². The van der Waals surface area contributed by atoms with Crippen LogP contribution >= 0.6 is 11.6 Å². The summed E-state index contributed by atoms with van der Waals surface area (Å²) >= 11 is 6.04. The van der Waals surface area contributed by atoms with Crippen molar-refractivity contribution < 1.29 is 14.3 Å². The van der Waals surface area contributed by atoms with E-state index in [0.29, 0.717) is 27.7 Å². The minimum absolute atomic E-state index is 0.164. The Morgan fingerprint density at radius 2 is 1.90 bits per heavy atom. The van der Waals surface area contributed by atoms with E-state index in [9.17, 15) is 9.59 Å². The van der Waals surface area contributed by atoms with Gasteiger partial charge in [-0.25, -0.2) is 4.79 Å². The molecule has 0 spiro atoms. The lowest BCUT2D eigenvalue weighted by Crippen LogP contribution is -2.46. The number of urea groups is 1. The number of carbonyl (C=O) groups excluding carboxylic acids is 2. The highest BCUT2D eigenvalue weighted by atomic mass is 35.5. The fourth-order valence-electron chi connectivity index (χ4n) is 4.00. The molecule has 1 atom stereocenters. The van der Waals surface area contributed by atoms with Gasteiger partial charge >= 0.3 is 6.03 Å². The van der Waals surface area contributed by atoms with Crippen LogP contribution in [0.3, 0.4) is 0 Å². The van der Waals surface area contributed by atoms with E-state index < -0.39 is 6.04 Å². The summed E-state index contributed by atoms with van der Waals surface area (Å²) in [5.74, 6) is 0.375. The van der Waals surface area contributed by atoms with Crippen molar-refractivity contribution in [1.29, 1.82) is 0 Å². The Morgan fingerprint density at radius 1 is 1.13 bits per heavy atom. The first-order valence-electron chi connectivity index (χ1n) is 10.1. The SMILES string of the molecule is CC1=C(C(=O)Nc2cccc(Cl)c2)C(c2ccccc2OC2CCCC2)NC(=O)N1. The normalized spacial score (nSPS) is 19.3. The molecule has 3 amide bonds. The van der Waals surface area contributed by atoms with E-state index in [4.69, 9.17) is 16.3 Å². The Hall–Kier alpha value is -2.99. The molecule has 1 aliphatic heterocycles. The third kappa shape index (κ3) is 4.44. The summed E-state index contributed by atoms with van der Waals surface area (Å²) in [4.78, 5) is 25.4. The van der Waals surface area contributed by atoms with Crippen molar-refractivity contribution >= 4 is 29.2 Å². The molecule has 4 rings (SSSR count). The van der Waals surface area contributed by atoms with Gasteiger partial charge < -0.3 is 20.7 Å². The summed E-state index contributed by atoms with van der Waals surface area (Å²) < 4.78 is 6.25. The van der Waals surface area contributed by atoms with Crippen molar-refractivity contribution in [1.82, 2.24) is 10.6 Å². The van der Waals surface area contributed by atoms with Crippen molar-refractivity contribution in [3.63, 3.8) is 0 Å². The van der Waals surface area contributed by atoms with Gasteiger partial charge in [0, 0.05) is 22.0 Å². The Bertz CT molecular complexity index is 999. The molecule has 156 valence electrons. The summed E-state index contributed by atoms with van der Waals surface area (Å²) in [5.41, 5.74) is 2.27. The Balaban J connectivity index is 1.66. The number of hydrogen-bond acceptors (Lipinski definition) is 3. The van der Waals surface area contributed by atoms with Crippen LogP contribution in [-0.2, 0) is 4.79 Å². The third-order valence-electron chi connectivity index (χ3n) is 5.42. The van der Waals surface area contributed by atoms with Crippen LogP contribution in [0.2, 0.25) is 5.02 Å². The topological polar surface area (TPSA) is 79.5 Å². The van der Waals surface area contributed by atoms with E-state index in [1.165, 1.54) is 0 Å². The van der Waals surface area contributed by atoms with E-state index in [0.717, 1.165) is 31.2 Å². The molecule has 2 aliphatic rings. The molecule has 7 heteroatoms. The molecule has 30 heavy (non-hydrogen) atoms. The number of allylic oxidation sites excluding steroid dienone is 1. The molecule has 0 bridgehead atoms. The lowest BCUT2D eigenvalue weighted by atomic mass is 9.94. The van der Waals surface area contributed by atoms with Gasteiger partial charge in [-0.3, -0.25) is 4.79 Å². The van der Waals surface area contributed by atoms with Crippen molar-refractivity contribution in [3.8, 4) is 5.75 Å². The lowest BCUT2D eigenvalue weighted by molar-refractivity contribution is -0.113. The molecule has 0 aromatic heterocycles. The van der Waals surface area contributed by atoms with Crippen LogP contribution in [0.4, 0.5) is 10.5 Å². The molecular formula is C23H24ClN3O3. The van der Waals surface area contributed by atoms with E-state index in [2.05, 4.69) is 16.0 Å². The Morgan fingerprint density at radius 3 is 2.67 bits per heavy atom. The number of amides is 3. The predicted octanol–water partition coefficient (Wildman–Crippen LogP) is 4.93. The fraction of sp³-hybridized carbons (Fsp3) is 0.304. The second kappa shape index (κ2) is 8.79. The van der Waals surface area contributed by atoms with Gasteiger partial charge in [-0.05, 0) is 56.9 Å². The number of halogens is 1. The monoisotopic (exact) mass is 425 g/mol. The molecule has 0 radical (unpaired) electrons. The quantitative estimate of drug-likeness (QED) is 0.635. The maximum Gasteiger partial charge on any atom is 0.319 e. The van der Waals surface area contributed by atoms with Crippen molar-refractivity contribution in [2.24, 2.45) is 0 Å². The molecular weight excluding hydrogens is 402 g/mol. The van der Waals surface area contributed by atoms with Gasteiger partial charge in [-0.1, -0.05) is 35.9 Å². The Kier molecular flexibility index (Phi) is 5.95. The number of nitrogens with one attached hydrogen (secondary N) is 3.